The van der Waals surface area contributed by atoms with Gasteiger partial charge in [0.1, 0.15) is 6.61 Å². The first-order valence-corrected chi connectivity index (χ1v) is 6.51. The van der Waals surface area contributed by atoms with Crippen LogP contribution in [0.5, 0.6) is 0 Å². The number of fused-ring (bicyclic) bond motifs is 1. The molecule has 0 radical (unpaired) electrons. The molecular formula is C13H21N3O. The highest BCUT2D eigenvalue weighted by Gasteiger charge is 2.16. The number of hydrogen-bond donors (Lipinski definition) is 1. The Morgan fingerprint density at radius 2 is 2.18 bits per heavy atom. The zero-order valence-corrected chi connectivity index (χ0v) is 10.8. The average Bonchev–Trinajstić information content (AvgIpc) is 2.38. The zero-order chi connectivity index (χ0) is 12.1. The van der Waals surface area contributed by atoms with Gasteiger partial charge in [0.05, 0.1) is 5.69 Å². The summed E-state index contributed by atoms with van der Waals surface area (Å²) in [5.41, 5.74) is 3.72. The highest BCUT2D eigenvalue weighted by molar-refractivity contribution is 5.28. The van der Waals surface area contributed by atoms with Gasteiger partial charge >= 0.3 is 0 Å². The lowest BCUT2D eigenvalue weighted by molar-refractivity contribution is 0.115. The van der Waals surface area contributed by atoms with Crippen molar-refractivity contribution in [2.75, 3.05) is 13.2 Å². The molecule has 0 aromatic carbocycles. The first-order valence-electron chi connectivity index (χ1n) is 6.51. The van der Waals surface area contributed by atoms with Crippen molar-refractivity contribution in [3.05, 3.63) is 22.8 Å². The summed E-state index contributed by atoms with van der Waals surface area (Å²) in [4.78, 5) is 9.21. The summed E-state index contributed by atoms with van der Waals surface area (Å²) in [5.74, 6) is 0.831. The minimum absolute atomic E-state index is 0.536. The Bertz CT molecular complexity index is 362. The van der Waals surface area contributed by atoms with Crippen molar-refractivity contribution in [1.82, 2.24) is 15.3 Å². The van der Waals surface area contributed by atoms with Gasteiger partial charge in [-0.2, -0.15) is 0 Å². The Balaban J connectivity index is 2.17. The summed E-state index contributed by atoms with van der Waals surface area (Å²) in [7, 11) is 0. The number of nitrogens with one attached hydrogen (secondary N) is 1. The minimum atomic E-state index is 0.536. The first-order chi connectivity index (χ1) is 8.35. The molecule has 0 spiro atoms. The van der Waals surface area contributed by atoms with E-state index in [0.717, 1.165) is 50.5 Å². The molecule has 94 valence electrons. The van der Waals surface area contributed by atoms with Gasteiger partial charge in [0.15, 0.2) is 5.82 Å². The molecule has 2 rings (SSSR count). The van der Waals surface area contributed by atoms with E-state index in [1.807, 2.05) is 0 Å². The molecule has 0 aliphatic carbocycles. The van der Waals surface area contributed by atoms with E-state index in [1.165, 1.54) is 11.3 Å². The molecule has 1 aromatic rings. The molecule has 0 fully saturated rings. The standard InChI is InChI=1S/C13H21N3O/c1-3-7-17-9-13-15-11(4-2)10-5-6-14-8-12(10)16-13/h14H,3-9H2,1-2H3. The molecule has 0 amide bonds. The number of hydrogen-bond acceptors (Lipinski definition) is 4. The second kappa shape index (κ2) is 6.07. The van der Waals surface area contributed by atoms with Gasteiger partial charge in [-0.1, -0.05) is 13.8 Å². The van der Waals surface area contributed by atoms with Gasteiger partial charge in [0.2, 0.25) is 0 Å². The van der Waals surface area contributed by atoms with Crippen LogP contribution in [0.25, 0.3) is 0 Å². The molecule has 1 aliphatic rings. The molecule has 0 bridgehead atoms. The van der Waals surface area contributed by atoms with Gasteiger partial charge in [-0.3, -0.25) is 0 Å². The van der Waals surface area contributed by atoms with E-state index in [-0.39, 0.29) is 0 Å². The van der Waals surface area contributed by atoms with Crippen molar-refractivity contribution < 1.29 is 4.74 Å². The van der Waals surface area contributed by atoms with Crippen LogP contribution in [0, 0.1) is 0 Å². The Kier molecular flexibility index (Phi) is 4.45. The van der Waals surface area contributed by atoms with Crippen LogP contribution in [-0.4, -0.2) is 23.1 Å². The lowest BCUT2D eigenvalue weighted by Gasteiger charge is -2.19. The summed E-state index contributed by atoms with van der Waals surface area (Å²) in [6.07, 6.45) is 3.06. The molecule has 0 unspecified atom stereocenters. The van der Waals surface area contributed by atoms with E-state index in [0.29, 0.717) is 6.61 Å². The van der Waals surface area contributed by atoms with Gasteiger partial charge in [-0.05, 0) is 31.4 Å². The Hall–Kier alpha value is -1.00. The summed E-state index contributed by atoms with van der Waals surface area (Å²) >= 11 is 0. The highest BCUT2D eigenvalue weighted by Crippen LogP contribution is 2.16. The fourth-order valence-electron chi connectivity index (χ4n) is 2.16. The van der Waals surface area contributed by atoms with Crippen molar-refractivity contribution in [2.24, 2.45) is 0 Å². The van der Waals surface area contributed by atoms with Crippen LogP contribution in [-0.2, 0) is 30.7 Å². The van der Waals surface area contributed by atoms with Crippen molar-refractivity contribution in [3.63, 3.8) is 0 Å². The number of aromatic nitrogens is 2. The van der Waals surface area contributed by atoms with Crippen LogP contribution in [0.3, 0.4) is 0 Å². The van der Waals surface area contributed by atoms with Gasteiger partial charge in [0.25, 0.3) is 0 Å². The maximum Gasteiger partial charge on any atom is 0.154 e. The molecule has 0 atom stereocenters. The van der Waals surface area contributed by atoms with Crippen LogP contribution in [0.15, 0.2) is 0 Å². The van der Waals surface area contributed by atoms with Crippen molar-refractivity contribution in [3.8, 4) is 0 Å². The lowest BCUT2D eigenvalue weighted by atomic mass is 10.0. The molecular weight excluding hydrogens is 214 g/mol. The molecule has 1 N–H and O–H groups in total. The molecule has 1 aliphatic heterocycles. The normalized spacial score (nSPS) is 14.7. The van der Waals surface area contributed by atoms with Gasteiger partial charge < -0.3 is 10.1 Å². The molecule has 17 heavy (non-hydrogen) atoms. The molecule has 4 nitrogen and oxygen atoms in total. The van der Waals surface area contributed by atoms with E-state index in [9.17, 15) is 0 Å². The monoisotopic (exact) mass is 235 g/mol. The first kappa shape index (κ1) is 12.5. The smallest absolute Gasteiger partial charge is 0.154 e. The van der Waals surface area contributed by atoms with Crippen LogP contribution >= 0.6 is 0 Å². The predicted octanol–water partition coefficient (Wildman–Crippen LogP) is 1.61. The van der Waals surface area contributed by atoms with E-state index in [4.69, 9.17) is 4.74 Å². The second-order valence-electron chi connectivity index (χ2n) is 4.34. The molecule has 2 heterocycles. The van der Waals surface area contributed by atoms with Crippen LogP contribution in [0.1, 0.15) is 43.0 Å². The van der Waals surface area contributed by atoms with Crippen LogP contribution in [0.4, 0.5) is 0 Å². The topological polar surface area (TPSA) is 47.0 Å². The largest absolute Gasteiger partial charge is 0.373 e. The quantitative estimate of drug-likeness (QED) is 0.788. The SMILES string of the molecule is CCCOCc1nc(CC)c2c(n1)CNCC2. The van der Waals surface area contributed by atoms with E-state index < -0.39 is 0 Å². The van der Waals surface area contributed by atoms with Crippen molar-refractivity contribution in [1.29, 1.82) is 0 Å². The van der Waals surface area contributed by atoms with Gasteiger partial charge in [-0.15, -0.1) is 0 Å². The van der Waals surface area contributed by atoms with Gasteiger partial charge in [0, 0.05) is 18.8 Å². The second-order valence-corrected chi connectivity index (χ2v) is 4.34. The third-order valence-electron chi connectivity index (χ3n) is 2.98. The fraction of sp³-hybridized carbons (Fsp3) is 0.692. The predicted molar refractivity (Wildman–Crippen MR) is 66.8 cm³/mol. The Labute approximate surface area is 103 Å². The van der Waals surface area contributed by atoms with Crippen LogP contribution in [0.2, 0.25) is 0 Å². The number of nitrogens with zero attached hydrogens (tertiary/aromatic N) is 2. The number of aryl methyl sites for hydroxylation is 1. The van der Waals surface area contributed by atoms with Crippen LogP contribution < -0.4 is 5.32 Å². The van der Waals surface area contributed by atoms with Gasteiger partial charge in [-0.25, -0.2) is 9.97 Å². The zero-order valence-electron chi connectivity index (χ0n) is 10.8. The summed E-state index contributed by atoms with van der Waals surface area (Å²) in [6.45, 7) is 7.48. The molecule has 0 saturated heterocycles. The van der Waals surface area contributed by atoms with E-state index >= 15 is 0 Å². The maximum absolute atomic E-state index is 5.51. The van der Waals surface area contributed by atoms with E-state index in [2.05, 4.69) is 29.1 Å². The van der Waals surface area contributed by atoms with Crippen molar-refractivity contribution in [2.45, 2.75) is 46.3 Å². The fourth-order valence-corrected chi connectivity index (χ4v) is 2.16. The minimum Gasteiger partial charge on any atom is -0.373 e. The average molecular weight is 235 g/mol. The summed E-state index contributed by atoms with van der Waals surface area (Å²) in [6, 6.07) is 0. The lowest BCUT2D eigenvalue weighted by Crippen LogP contribution is -2.27. The highest BCUT2D eigenvalue weighted by atomic mass is 16.5. The summed E-state index contributed by atoms with van der Waals surface area (Å²) in [5, 5.41) is 3.36. The molecule has 4 heteroatoms. The number of ether oxygens (including phenoxy) is 1. The third-order valence-corrected chi connectivity index (χ3v) is 2.98. The summed E-state index contributed by atoms with van der Waals surface area (Å²) < 4.78 is 5.51. The molecule has 1 aromatic heterocycles. The Morgan fingerprint density at radius 3 is 2.94 bits per heavy atom. The number of rotatable bonds is 5. The van der Waals surface area contributed by atoms with E-state index in [1.54, 1.807) is 0 Å². The van der Waals surface area contributed by atoms with Crippen molar-refractivity contribution >= 4 is 0 Å². The third kappa shape index (κ3) is 3.01. The molecule has 0 saturated carbocycles. The maximum atomic E-state index is 5.51. The Morgan fingerprint density at radius 1 is 1.29 bits per heavy atom.